The van der Waals surface area contributed by atoms with Crippen LogP contribution in [0.3, 0.4) is 0 Å². The lowest BCUT2D eigenvalue weighted by atomic mass is 10.1. The second-order valence-corrected chi connectivity index (χ2v) is 3.80. The molecule has 5 heteroatoms. The molecule has 0 aliphatic rings. The molecule has 1 heterocycles. The monoisotopic (exact) mass is 243 g/mol. The summed E-state index contributed by atoms with van der Waals surface area (Å²) in [6, 6.07) is 11.0. The highest BCUT2D eigenvalue weighted by Gasteiger charge is 2.05. The van der Waals surface area contributed by atoms with Gasteiger partial charge in [0.05, 0.1) is 31.8 Å². The molecule has 5 nitrogen and oxygen atoms in total. The van der Waals surface area contributed by atoms with E-state index in [9.17, 15) is 4.79 Å². The predicted molar refractivity (Wildman–Crippen MR) is 67.3 cm³/mol. The topological polar surface area (TPSA) is 70.8 Å². The molecule has 0 radical (unpaired) electrons. The highest BCUT2D eigenvalue weighted by molar-refractivity contribution is 5.59. The molecule has 1 N–H and O–H groups in total. The van der Waals surface area contributed by atoms with Gasteiger partial charge in [-0.05, 0) is 29.8 Å². The summed E-state index contributed by atoms with van der Waals surface area (Å²) >= 11 is 0. The molecule has 0 aliphatic carbocycles. The Bertz CT molecular complexity index is 617. The first-order valence-electron chi connectivity index (χ1n) is 5.56. The van der Waals surface area contributed by atoms with Crippen molar-refractivity contribution in [1.29, 1.82) is 5.26 Å². The first-order chi connectivity index (χ1) is 8.74. The Morgan fingerprint density at radius 3 is 2.72 bits per heavy atom. The van der Waals surface area contributed by atoms with Gasteiger partial charge in [0, 0.05) is 6.07 Å². The van der Waals surface area contributed by atoms with Crippen molar-refractivity contribution < 1.29 is 4.74 Å². The normalized spacial score (nSPS) is 10.0. The molecule has 0 aliphatic heterocycles. The molecule has 1 aromatic carbocycles. The van der Waals surface area contributed by atoms with E-state index in [0.717, 1.165) is 17.0 Å². The van der Waals surface area contributed by atoms with Crippen LogP contribution in [0.5, 0.6) is 5.75 Å². The maximum atomic E-state index is 11.6. The average molecular weight is 243 g/mol. The second-order valence-electron chi connectivity index (χ2n) is 3.80. The van der Waals surface area contributed by atoms with Crippen LogP contribution < -0.4 is 10.3 Å². The van der Waals surface area contributed by atoms with Crippen molar-refractivity contribution in [2.45, 2.75) is 13.0 Å². The van der Waals surface area contributed by atoms with Gasteiger partial charge in [-0.25, -0.2) is 0 Å². The maximum absolute atomic E-state index is 11.6. The zero-order valence-electron chi connectivity index (χ0n) is 10.0. The minimum atomic E-state index is -0.129. The Labute approximate surface area is 104 Å². The highest BCUT2D eigenvalue weighted by atomic mass is 16.5. The number of hydrogen-bond donors (Lipinski definition) is 1. The minimum Gasteiger partial charge on any atom is -0.497 e. The summed E-state index contributed by atoms with van der Waals surface area (Å²) in [7, 11) is 1.61. The molecule has 0 amide bonds. The van der Waals surface area contributed by atoms with Gasteiger partial charge >= 0.3 is 0 Å². The Morgan fingerprint density at radius 2 is 2.11 bits per heavy atom. The third-order valence-corrected chi connectivity index (χ3v) is 2.64. The molecule has 2 rings (SSSR count). The summed E-state index contributed by atoms with van der Waals surface area (Å²) < 4.78 is 6.51. The minimum absolute atomic E-state index is 0.129. The summed E-state index contributed by atoms with van der Waals surface area (Å²) in [5, 5.41) is 11.5. The van der Waals surface area contributed by atoms with Crippen LogP contribution in [0.1, 0.15) is 6.42 Å². The zero-order valence-corrected chi connectivity index (χ0v) is 10.0. The van der Waals surface area contributed by atoms with E-state index in [1.165, 1.54) is 10.7 Å². The SMILES string of the molecule is COc1ccc(-c2cc(=O)n(CCC#N)[nH]2)cc1. The molecule has 0 fully saturated rings. The fourth-order valence-electron chi connectivity index (χ4n) is 1.68. The summed E-state index contributed by atoms with van der Waals surface area (Å²) in [4.78, 5) is 11.6. The number of benzene rings is 1. The number of ether oxygens (including phenoxy) is 1. The first-order valence-corrected chi connectivity index (χ1v) is 5.56. The standard InChI is InChI=1S/C13H13N3O2/c1-18-11-5-3-10(4-6-11)12-9-13(17)16(15-12)8-2-7-14/h3-6,9,15H,2,8H2,1H3. The fourth-order valence-corrected chi connectivity index (χ4v) is 1.68. The van der Waals surface area contributed by atoms with Crippen LogP contribution in [0.4, 0.5) is 0 Å². The molecule has 0 unspecified atom stereocenters. The lowest BCUT2D eigenvalue weighted by Gasteiger charge is -2.01. The molecule has 2 aromatic rings. The number of nitriles is 1. The summed E-state index contributed by atoms with van der Waals surface area (Å²) in [6.45, 7) is 0.380. The van der Waals surface area contributed by atoms with Crippen LogP contribution >= 0.6 is 0 Å². The molecule has 18 heavy (non-hydrogen) atoms. The number of nitrogens with one attached hydrogen (secondary N) is 1. The molecule has 0 spiro atoms. The lowest BCUT2D eigenvalue weighted by Crippen LogP contribution is -2.15. The number of aromatic nitrogens is 2. The third-order valence-electron chi connectivity index (χ3n) is 2.64. The number of methoxy groups -OCH3 is 1. The van der Waals surface area contributed by atoms with Gasteiger partial charge in [-0.3, -0.25) is 14.6 Å². The van der Waals surface area contributed by atoms with Gasteiger partial charge in [-0.2, -0.15) is 5.26 Å². The molecule has 0 saturated heterocycles. The average Bonchev–Trinajstić information content (AvgIpc) is 2.78. The van der Waals surface area contributed by atoms with Crippen molar-refractivity contribution in [1.82, 2.24) is 9.78 Å². The molecule has 0 atom stereocenters. The predicted octanol–water partition coefficient (Wildman–Crippen LogP) is 1.77. The Kier molecular flexibility index (Phi) is 3.49. The van der Waals surface area contributed by atoms with Crippen LogP contribution in [0.15, 0.2) is 35.1 Å². The zero-order chi connectivity index (χ0) is 13.0. The van der Waals surface area contributed by atoms with E-state index < -0.39 is 0 Å². The van der Waals surface area contributed by atoms with Crippen molar-refractivity contribution in [3.05, 3.63) is 40.7 Å². The first kappa shape index (κ1) is 12.0. The van der Waals surface area contributed by atoms with E-state index in [0.29, 0.717) is 13.0 Å². The Balaban J connectivity index is 2.28. The van der Waals surface area contributed by atoms with Crippen molar-refractivity contribution in [2.24, 2.45) is 0 Å². The number of aromatic amines is 1. The molecule has 1 aromatic heterocycles. The Hall–Kier alpha value is -2.48. The van der Waals surface area contributed by atoms with Gasteiger partial charge in [-0.1, -0.05) is 0 Å². The number of nitrogens with zero attached hydrogens (tertiary/aromatic N) is 2. The summed E-state index contributed by atoms with van der Waals surface area (Å²) in [6.07, 6.45) is 0.308. The van der Waals surface area contributed by atoms with Crippen LogP contribution in [0.2, 0.25) is 0 Å². The van der Waals surface area contributed by atoms with Crippen molar-refractivity contribution in [2.75, 3.05) is 7.11 Å². The smallest absolute Gasteiger partial charge is 0.267 e. The van der Waals surface area contributed by atoms with E-state index in [1.807, 2.05) is 30.3 Å². The van der Waals surface area contributed by atoms with Crippen molar-refractivity contribution >= 4 is 0 Å². The largest absolute Gasteiger partial charge is 0.497 e. The van der Waals surface area contributed by atoms with Gasteiger partial charge in [0.15, 0.2) is 0 Å². The van der Waals surface area contributed by atoms with E-state index in [-0.39, 0.29) is 5.56 Å². The Morgan fingerprint density at radius 1 is 1.39 bits per heavy atom. The summed E-state index contributed by atoms with van der Waals surface area (Å²) in [5.74, 6) is 0.769. The number of H-pyrrole nitrogens is 1. The van der Waals surface area contributed by atoms with Crippen molar-refractivity contribution in [3.8, 4) is 23.1 Å². The van der Waals surface area contributed by atoms with Crippen LogP contribution in [-0.2, 0) is 6.54 Å². The van der Waals surface area contributed by atoms with E-state index in [4.69, 9.17) is 10.00 Å². The highest BCUT2D eigenvalue weighted by Crippen LogP contribution is 2.19. The van der Waals surface area contributed by atoms with E-state index in [2.05, 4.69) is 5.10 Å². The van der Waals surface area contributed by atoms with Crippen LogP contribution in [0, 0.1) is 11.3 Å². The lowest BCUT2D eigenvalue weighted by molar-refractivity contribution is 0.415. The summed E-state index contributed by atoms with van der Waals surface area (Å²) in [5.41, 5.74) is 1.51. The molecular weight excluding hydrogens is 230 g/mol. The van der Waals surface area contributed by atoms with Gasteiger partial charge in [0.25, 0.3) is 5.56 Å². The number of aryl methyl sites for hydroxylation is 1. The maximum Gasteiger partial charge on any atom is 0.267 e. The molecule has 92 valence electrons. The van der Waals surface area contributed by atoms with E-state index >= 15 is 0 Å². The number of rotatable bonds is 4. The quantitative estimate of drug-likeness (QED) is 0.889. The van der Waals surface area contributed by atoms with E-state index in [1.54, 1.807) is 7.11 Å². The van der Waals surface area contributed by atoms with Crippen molar-refractivity contribution in [3.63, 3.8) is 0 Å². The second kappa shape index (κ2) is 5.23. The van der Waals surface area contributed by atoms with Gasteiger partial charge in [0.2, 0.25) is 0 Å². The van der Waals surface area contributed by atoms with Gasteiger partial charge in [0.1, 0.15) is 5.75 Å². The van der Waals surface area contributed by atoms with Crippen LogP contribution in [-0.4, -0.2) is 16.9 Å². The number of hydrogen-bond acceptors (Lipinski definition) is 3. The van der Waals surface area contributed by atoms with Gasteiger partial charge < -0.3 is 4.74 Å². The van der Waals surface area contributed by atoms with Crippen LogP contribution in [0.25, 0.3) is 11.3 Å². The van der Waals surface area contributed by atoms with Gasteiger partial charge in [-0.15, -0.1) is 0 Å². The molecular formula is C13H13N3O2. The molecule has 0 saturated carbocycles. The third kappa shape index (κ3) is 2.43. The molecule has 0 bridgehead atoms. The fraction of sp³-hybridized carbons (Fsp3) is 0.231.